The monoisotopic (exact) mass is 262 g/mol. The van der Waals surface area contributed by atoms with E-state index in [9.17, 15) is 5.11 Å². The normalized spacial score (nSPS) is 35.3. The summed E-state index contributed by atoms with van der Waals surface area (Å²) >= 11 is 0. The number of hydrogen-bond acceptors (Lipinski definition) is 3. The van der Waals surface area contributed by atoms with E-state index in [-0.39, 0.29) is 17.1 Å². The number of rotatable bonds is 1. The smallest absolute Gasteiger partial charge is 0.184 e. The first-order valence-corrected chi connectivity index (χ1v) is 6.81. The first kappa shape index (κ1) is 13.1. The quantitative estimate of drug-likeness (QED) is 0.845. The summed E-state index contributed by atoms with van der Waals surface area (Å²) < 4.78 is 11.3. The van der Waals surface area contributed by atoms with Crippen molar-refractivity contribution in [2.24, 2.45) is 0 Å². The molecule has 0 radical (unpaired) electrons. The Hall–Kier alpha value is -0.900. The van der Waals surface area contributed by atoms with Crippen molar-refractivity contribution in [2.45, 2.75) is 50.9 Å². The third-order valence-electron chi connectivity index (χ3n) is 5.00. The van der Waals surface area contributed by atoms with Crippen LogP contribution in [0.5, 0.6) is 0 Å². The van der Waals surface area contributed by atoms with E-state index in [1.54, 1.807) is 7.11 Å². The number of aryl methyl sites for hydroxylation is 1. The molecule has 0 aromatic heterocycles. The average molecular weight is 262 g/mol. The van der Waals surface area contributed by atoms with E-state index in [1.165, 1.54) is 16.7 Å². The molecule has 0 bridgehead atoms. The molecule has 0 fully saturated rings. The van der Waals surface area contributed by atoms with Gasteiger partial charge in [0.15, 0.2) is 6.29 Å². The second-order valence-corrected chi connectivity index (χ2v) is 6.64. The van der Waals surface area contributed by atoms with Crippen molar-refractivity contribution in [2.75, 3.05) is 13.7 Å². The van der Waals surface area contributed by atoms with Gasteiger partial charge in [-0.05, 0) is 23.6 Å². The van der Waals surface area contributed by atoms with Gasteiger partial charge in [0.2, 0.25) is 0 Å². The Kier molecular flexibility index (Phi) is 2.63. The lowest BCUT2D eigenvalue weighted by molar-refractivity contribution is -0.161. The molecule has 1 N–H and O–H groups in total. The van der Waals surface area contributed by atoms with Gasteiger partial charge < -0.3 is 14.6 Å². The minimum atomic E-state index is -0.437. The molecule has 3 nitrogen and oxygen atoms in total. The van der Waals surface area contributed by atoms with Crippen LogP contribution in [0, 0.1) is 6.92 Å². The maximum atomic E-state index is 10.8. The fourth-order valence-corrected chi connectivity index (χ4v) is 3.93. The summed E-state index contributed by atoms with van der Waals surface area (Å²) in [7, 11) is 1.67. The van der Waals surface area contributed by atoms with Gasteiger partial charge in [-0.15, -0.1) is 0 Å². The summed E-state index contributed by atoms with van der Waals surface area (Å²) in [5.41, 5.74) is 4.16. The van der Waals surface area contributed by atoms with E-state index in [4.69, 9.17) is 9.47 Å². The van der Waals surface area contributed by atoms with E-state index in [0.29, 0.717) is 6.61 Å². The predicted octanol–water partition coefficient (Wildman–Crippen LogP) is 2.58. The average Bonchev–Trinajstić information content (AvgIpc) is 2.53. The number of ether oxygens (including phenoxy) is 2. The van der Waals surface area contributed by atoms with Crippen LogP contribution in [0.25, 0.3) is 0 Å². The van der Waals surface area contributed by atoms with Gasteiger partial charge in [0.25, 0.3) is 0 Å². The summed E-state index contributed by atoms with van der Waals surface area (Å²) in [6.07, 6.45) is -0.752. The van der Waals surface area contributed by atoms with Gasteiger partial charge in [-0.3, -0.25) is 0 Å². The molecular weight excluding hydrogens is 240 g/mol. The Morgan fingerprint density at radius 1 is 1.32 bits per heavy atom. The molecule has 1 aliphatic heterocycles. The third kappa shape index (κ3) is 1.44. The fourth-order valence-electron chi connectivity index (χ4n) is 3.93. The van der Waals surface area contributed by atoms with Gasteiger partial charge in [0, 0.05) is 23.5 Å². The molecule has 2 aliphatic rings. The summed E-state index contributed by atoms with van der Waals surface area (Å²) in [6, 6.07) is 4.26. The number of benzene rings is 1. The zero-order valence-corrected chi connectivity index (χ0v) is 12.3. The third-order valence-corrected chi connectivity index (χ3v) is 5.00. The highest BCUT2D eigenvalue weighted by Gasteiger charge is 2.57. The first-order chi connectivity index (χ1) is 8.84. The fraction of sp³-hybridized carbons (Fsp3) is 0.625. The van der Waals surface area contributed by atoms with Crippen LogP contribution in [0.1, 0.15) is 49.3 Å². The molecule has 1 aliphatic carbocycles. The maximum absolute atomic E-state index is 10.8. The summed E-state index contributed by atoms with van der Waals surface area (Å²) in [4.78, 5) is 0. The molecule has 3 unspecified atom stereocenters. The zero-order chi connectivity index (χ0) is 14.0. The largest absolute Gasteiger partial charge is 0.391 e. The molecule has 3 rings (SSSR count). The van der Waals surface area contributed by atoms with E-state index >= 15 is 0 Å². The van der Waals surface area contributed by atoms with Crippen molar-refractivity contribution in [1.29, 1.82) is 0 Å². The van der Waals surface area contributed by atoms with Crippen molar-refractivity contribution in [3.63, 3.8) is 0 Å². The standard InChI is InChI=1S/C16H22O3/c1-9-6-7-10-12-11(9)13(18-5)19-8-16(12,4)14(17)15(10,2)3/h6-7,13-14,17H,8H2,1-5H3. The highest BCUT2D eigenvalue weighted by Crippen LogP contribution is 2.55. The predicted molar refractivity (Wildman–Crippen MR) is 73.3 cm³/mol. The Morgan fingerprint density at radius 2 is 2.00 bits per heavy atom. The second kappa shape index (κ2) is 3.81. The van der Waals surface area contributed by atoms with E-state index in [2.05, 4.69) is 39.8 Å². The lowest BCUT2D eigenvalue weighted by Crippen LogP contribution is -2.46. The highest BCUT2D eigenvalue weighted by atomic mass is 16.7. The van der Waals surface area contributed by atoms with Gasteiger partial charge in [-0.25, -0.2) is 0 Å². The molecule has 0 saturated heterocycles. The molecular formula is C16H22O3. The molecule has 1 heterocycles. The molecule has 3 atom stereocenters. The van der Waals surface area contributed by atoms with Gasteiger partial charge in [-0.2, -0.15) is 0 Å². The number of methoxy groups -OCH3 is 1. The lowest BCUT2D eigenvalue weighted by Gasteiger charge is -2.39. The molecule has 19 heavy (non-hydrogen) atoms. The summed E-state index contributed by atoms with van der Waals surface area (Å²) in [5, 5.41) is 10.8. The van der Waals surface area contributed by atoms with Gasteiger partial charge in [0.1, 0.15) is 0 Å². The summed E-state index contributed by atoms with van der Waals surface area (Å²) in [5.74, 6) is 0. The van der Waals surface area contributed by atoms with Crippen LogP contribution in [-0.2, 0) is 20.3 Å². The van der Waals surface area contributed by atoms with E-state index in [1.807, 2.05) is 0 Å². The van der Waals surface area contributed by atoms with Crippen LogP contribution in [-0.4, -0.2) is 24.9 Å². The molecule has 0 spiro atoms. The second-order valence-electron chi connectivity index (χ2n) is 6.64. The molecule has 3 heteroatoms. The Labute approximate surface area is 114 Å². The molecule has 1 aromatic carbocycles. The van der Waals surface area contributed by atoms with Crippen molar-refractivity contribution in [3.8, 4) is 0 Å². The SMILES string of the molecule is COC1OCC2(C)c3c(ccc(C)c31)C(C)(C)C2O. The van der Waals surface area contributed by atoms with Crippen LogP contribution in [0.2, 0.25) is 0 Å². The highest BCUT2D eigenvalue weighted by molar-refractivity contribution is 5.56. The zero-order valence-electron chi connectivity index (χ0n) is 12.3. The lowest BCUT2D eigenvalue weighted by atomic mass is 9.75. The minimum absolute atomic E-state index is 0.251. The van der Waals surface area contributed by atoms with Crippen LogP contribution < -0.4 is 0 Å². The Morgan fingerprint density at radius 3 is 2.63 bits per heavy atom. The summed E-state index contributed by atoms with van der Waals surface area (Å²) in [6.45, 7) is 8.88. The van der Waals surface area contributed by atoms with Crippen molar-refractivity contribution in [1.82, 2.24) is 0 Å². The number of aliphatic hydroxyl groups excluding tert-OH is 1. The molecule has 0 amide bonds. The minimum Gasteiger partial charge on any atom is -0.391 e. The Balaban J connectivity index is 2.35. The topological polar surface area (TPSA) is 38.7 Å². The Bertz CT molecular complexity index is 535. The first-order valence-electron chi connectivity index (χ1n) is 6.81. The van der Waals surface area contributed by atoms with Gasteiger partial charge in [0.05, 0.1) is 12.7 Å². The maximum Gasteiger partial charge on any atom is 0.184 e. The number of hydrogen-bond donors (Lipinski definition) is 1. The van der Waals surface area contributed by atoms with Crippen molar-refractivity contribution >= 4 is 0 Å². The van der Waals surface area contributed by atoms with Crippen LogP contribution in [0.3, 0.4) is 0 Å². The van der Waals surface area contributed by atoms with Crippen LogP contribution in [0.4, 0.5) is 0 Å². The van der Waals surface area contributed by atoms with Crippen LogP contribution >= 0.6 is 0 Å². The molecule has 0 saturated carbocycles. The molecule has 104 valence electrons. The van der Waals surface area contributed by atoms with Crippen molar-refractivity contribution in [3.05, 3.63) is 34.4 Å². The molecule has 1 aromatic rings. The van der Waals surface area contributed by atoms with E-state index in [0.717, 1.165) is 5.56 Å². The van der Waals surface area contributed by atoms with Gasteiger partial charge in [-0.1, -0.05) is 32.9 Å². The van der Waals surface area contributed by atoms with Crippen LogP contribution in [0.15, 0.2) is 12.1 Å². The van der Waals surface area contributed by atoms with Gasteiger partial charge >= 0.3 is 0 Å². The van der Waals surface area contributed by atoms with Crippen molar-refractivity contribution < 1.29 is 14.6 Å². The van der Waals surface area contributed by atoms with E-state index < -0.39 is 6.10 Å². The number of aliphatic hydroxyl groups is 1.